The molecule has 0 saturated carbocycles. The lowest BCUT2D eigenvalue weighted by Gasteiger charge is -2.15. The largest absolute Gasteiger partial charge is 0.336 e. The van der Waals surface area contributed by atoms with Crippen LogP contribution >= 0.6 is 23.2 Å². The number of fused-ring (bicyclic) bond motifs is 1. The highest BCUT2D eigenvalue weighted by Crippen LogP contribution is 2.24. The molecule has 1 amide bonds. The number of aromatic nitrogens is 2. The van der Waals surface area contributed by atoms with Crippen molar-refractivity contribution in [1.82, 2.24) is 9.13 Å². The minimum absolute atomic E-state index is 0.211. The lowest BCUT2D eigenvalue weighted by molar-refractivity contribution is -0.116. The predicted molar refractivity (Wildman–Crippen MR) is 128 cm³/mol. The number of hydrogen-bond donors (Lipinski definition) is 1. The summed E-state index contributed by atoms with van der Waals surface area (Å²) in [5, 5.41) is 3.63. The zero-order chi connectivity index (χ0) is 23.0. The molecule has 162 valence electrons. The number of hydrogen-bond acceptors (Lipinski definition) is 3. The van der Waals surface area contributed by atoms with Crippen molar-refractivity contribution in [3.63, 3.8) is 0 Å². The van der Waals surface area contributed by atoms with Gasteiger partial charge in [-0.3, -0.25) is 14.2 Å². The first-order chi connectivity index (χ1) is 15.3. The van der Waals surface area contributed by atoms with Crippen molar-refractivity contribution in [3.05, 3.63) is 103 Å². The summed E-state index contributed by atoms with van der Waals surface area (Å²) in [5.74, 6) is -0.389. The molecule has 0 atom stereocenters. The molecule has 0 unspecified atom stereocenters. The van der Waals surface area contributed by atoms with Crippen molar-refractivity contribution in [2.45, 2.75) is 20.4 Å². The predicted octanol–water partition coefficient (Wildman–Crippen LogP) is 4.71. The lowest BCUT2D eigenvalue weighted by Crippen LogP contribution is -2.40. The maximum Gasteiger partial charge on any atom is 0.336 e. The molecule has 32 heavy (non-hydrogen) atoms. The number of halogens is 2. The van der Waals surface area contributed by atoms with Crippen LogP contribution in [0.15, 0.2) is 70.3 Å². The summed E-state index contributed by atoms with van der Waals surface area (Å²) in [6, 6.07) is 16.7. The molecule has 0 aliphatic carbocycles. The smallest absolute Gasteiger partial charge is 0.325 e. The Bertz CT molecular complexity index is 1490. The number of carbonyl (C=O) groups excluding carboxylic acids is 1. The van der Waals surface area contributed by atoms with Crippen molar-refractivity contribution in [2.24, 2.45) is 0 Å². The fourth-order valence-electron chi connectivity index (χ4n) is 3.49. The Morgan fingerprint density at radius 2 is 1.66 bits per heavy atom. The van der Waals surface area contributed by atoms with Crippen LogP contribution in [0.2, 0.25) is 10.0 Å². The van der Waals surface area contributed by atoms with Crippen LogP contribution < -0.4 is 16.6 Å². The molecule has 8 heteroatoms. The van der Waals surface area contributed by atoms with Gasteiger partial charge in [0.2, 0.25) is 5.91 Å². The molecular weight excluding hydrogens is 449 g/mol. The first-order valence-corrected chi connectivity index (χ1v) is 10.6. The van der Waals surface area contributed by atoms with Crippen molar-refractivity contribution in [2.75, 3.05) is 5.32 Å². The standard InChI is InChI=1S/C24H19Cl2N3O3/c1-14-7-8-16(11-15(14)2)27-22(30)13-28-21-6-4-3-5-18(21)23(31)29(24(28)32)17-9-10-19(25)20(26)12-17/h3-12H,13H2,1-2H3,(H,27,30). The van der Waals surface area contributed by atoms with Gasteiger partial charge in [-0.05, 0) is 67.4 Å². The van der Waals surface area contributed by atoms with Crippen molar-refractivity contribution in [1.29, 1.82) is 0 Å². The summed E-state index contributed by atoms with van der Waals surface area (Å²) >= 11 is 12.1. The third kappa shape index (κ3) is 4.07. The van der Waals surface area contributed by atoms with Gasteiger partial charge in [0.1, 0.15) is 6.54 Å². The van der Waals surface area contributed by atoms with Crippen molar-refractivity contribution in [3.8, 4) is 5.69 Å². The van der Waals surface area contributed by atoms with E-state index < -0.39 is 11.2 Å². The maximum absolute atomic E-state index is 13.4. The van der Waals surface area contributed by atoms with E-state index >= 15 is 0 Å². The minimum atomic E-state index is -0.651. The zero-order valence-corrected chi connectivity index (χ0v) is 18.9. The molecule has 6 nitrogen and oxygen atoms in total. The van der Waals surface area contributed by atoms with Gasteiger partial charge in [0.15, 0.2) is 0 Å². The first-order valence-electron chi connectivity index (χ1n) is 9.83. The average molecular weight is 468 g/mol. The van der Waals surface area contributed by atoms with Gasteiger partial charge >= 0.3 is 5.69 Å². The molecule has 1 N–H and O–H groups in total. The van der Waals surface area contributed by atoms with Crippen molar-refractivity contribution < 1.29 is 4.79 Å². The highest BCUT2D eigenvalue weighted by Gasteiger charge is 2.17. The SMILES string of the molecule is Cc1ccc(NC(=O)Cn2c(=O)n(-c3ccc(Cl)c(Cl)c3)c(=O)c3ccccc32)cc1C. The fourth-order valence-corrected chi connectivity index (χ4v) is 3.78. The van der Waals surface area contributed by atoms with Gasteiger partial charge in [-0.25, -0.2) is 9.36 Å². The minimum Gasteiger partial charge on any atom is -0.325 e. The Labute approximate surface area is 193 Å². The number of nitrogens with one attached hydrogen (secondary N) is 1. The Hall–Kier alpha value is -3.35. The second-order valence-corrected chi connectivity index (χ2v) is 8.29. The fraction of sp³-hybridized carbons (Fsp3) is 0.125. The van der Waals surface area contributed by atoms with Gasteiger partial charge in [-0.1, -0.05) is 41.4 Å². The summed E-state index contributed by atoms with van der Waals surface area (Å²) in [6.07, 6.45) is 0. The summed E-state index contributed by atoms with van der Waals surface area (Å²) in [6.45, 7) is 3.67. The van der Waals surface area contributed by atoms with Gasteiger partial charge in [-0.2, -0.15) is 0 Å². The molecule has 0 bridgehead atoms. The van der Waals surface area contributed by atoms with E-state index in [2.05, 4.69) is 5.32 Å². The third-order valence-electron chi connectivity index (χ3n) is 5.30. The van der Waals surface area contributed by atoms with Crippen LogP contribution in [0.5, 0.6) is 0 Å². The third-order valence-corrected chi connectivity index (χ3v) is 6.04. The molecule has 0 spiro atoms. The number of rotatable bonds is 4. The molecule has 1 heterocycles. The van der Waals surface area contributed by atoms with Crippen LogP contribution in [-0.4, -0.2) is 15.0 Å². The van der Waals surface area contributed by atoms with Crippen LogP contribution in [0.3, 0.4) is 0 Å². The highest BCUT2D eigenvalue weighted by atomic mass is 35.5. The van der Waals surface area contributed by atoms with E-state index in [-0.39, 0.29) is 23.2 Å². The topological polar surface area (TPSA) is 73.1 Å². The lowest BCUT2D eigenvalue weighted by atomic mass is 10.1. The number of amides is 1. The highest BCUT2D eigenvalue weighted by molar-refractivity contribution is 6.42. The molecule has 0 fully saturated rings. The molecule has 1 aromatic heterocycles. The van der Waals surface area contributed by atoms with E-state index in [1.807, 2.05) is 26.0 Å². The maximum atomic E-state index is 13.4. The van der Waals surface area contributed by atoms with Gasteiger partial charge in [-0.15, -0.1) is 0 Å². The van der Waals surface area contributed by atoms with E-state index in [0.717, 1.165) is 15.7 Å². The monoisotopic (exact) mass is 467 g/mol. The quantitative estimate of drug-likeness (QED) is 0.472. The van der Waals surface area contributed by atoms with E-state index in [9.17, 15) is 14.4 Å². The molecular formula is C24H19Cl2N3O3. The van der Waals surface area contributed by atoms with Gasteiger partial charge in [0, 0.05) is 5.69 Å². The molecule has 0 radical (unpaired) electrons. The summed E-state index contributed by atoms with van der Waals surface area (Å²) in [7, 11) is 0. The number of para-hydroxylation sites is 1. The average Bonchev–Trinajstić information content (AvgIpc) is 2.76. The van der Waals surface area contributed by atoms with E-state index in [0.29, 0.717) is 21.6 Å². The number of aryl methyl sites for hydroxylation is 2. The van der Waals surface area contributed by atoms with Gasteiger partial charge < -0.3 is 5.32 Å². The van der Waals surface area contributed by atoms with E-state index in [1.165, 1.54) is 22.8 Å². The van der Waals surface area contributed by atoms with Crippen LogP contribution in [0.4, 0.5) is 5.69 Å². The Balaban J connectivity index is 1.82. The molecule has 3 aromatic carbocycles. The molecule has 0 saturated heterocycles. The Morgan fingerprint density at radius 3 is 2.38 bits per heavy atom. The second-order valence-electron chi connectivity index (χ2n) is 7.47. The van der Waals surface area contributed by atoms with Crippen LogP contribution in [-0.2, 0) is 11.3 Å². The Kier molecular flexibility index (Phi) is 5.91. The van der Waals surface area contributed by atoms with Gasteiger partial charge in [0.05, 0.1) is 26.6 Å². The molecule has 0 aliphatic heterocycles. The first kappa shape index (κ1) is 21.9. The summed E-state index contributed by atoms with van der Waals surface area (Å²) in [4.78, 5) is 39.3. The van der Waals surface area contributed by atoms with E-state index in [4.69, 9.17) is 23.2 Å². The number of nitrogens with zero attached hydrogens (tertiary/aromatic N) is 2. The van der Waals surface area contributed by atoms with Crippen LogP contribution in [0, 0.1) is 13.8 Å². The Morgan fingerprint density at radius 1 is 0.906 bits per heavy atom. The summed E-state index contributed by atoms with van der Waals surface area (Å²) in [5.41, 5.74) is 2.26. The van der Waals surface area contributed by atoms with Crippen molar-refractivity contribution >= 4 is 45.7 Å². The van der Waals surface area contributed by atoms with Crippen LogP contribution in [0.1, 0.15) is 11.1 Å². The normalized spacial score (nSPS) is 11.0. The van der Waals surface area contributed by atoms with Crippen LogP contribution in [0.25, 0.3) is 16.6 Å². The summed E-state index contributed by atoms with van der Waals surface area (Å²) < 4.78 is 2.27. The number of carbonyl (C=O) groups is 1. The number of anilines is 1. The van der Waals surface area contributed by atoms with E-state index in [1.54, 1.807) is 30.3 Å². The second kappa shape index (κ2) is 8.65. The van der Waals surface area contributed by atoms with Gasteiger partial charge in [0.25, 0.3) is 5.56 Å². The molecule has 4 rings (SSSR count). The number of benzene rings is 3. The zero-order valence-electron chi connectivity index (χ0n) is 17.4. The molecule has 0 aliphatic rings. The molecule has 4 aromatic rings.